The van der Waals surface area contributed by atoms with Gasteiger partial charge in [-0.15, -0.1) is 0 Å². The highest BCUT2D eigenvalue weighted by Crippen LogP contribution is 2.09. The largest absolute Gasteiger partial charge is 0.396 e. The zero-order chi connectivity index (χ0) is 10.6. The predicted octanol–water partition coefficient (Wildman–Crippen LogP) is 4.07. The van der Waals surface area contributed by atoms with E-state index in [9.17, 15) is 0 Å². The topological polar surface area (TPSA) is 20.2 Å². The van der Waals surface area contributed by atoms with Crippen molar-refractivity contribution in [3.8, 4) is 0 Å². The molecule has 0 bridgehead atoms. The van der Waals surface area contributed by atoms with Gasteiger partial charge in [-0.1, -0.05) is 43.8 Å². The van der Waals surface area contributed by atoms with E-state index >= 15 is 0 Å². The summed E-state index contributed by atoms with van der Waals surface area (Å²) in [6.07, 6.45) is 12.5. The van der Waals surface area contributed by atoms with Crippen molar-refractivity contribution in [1.82, 2.24) is 0 Å². The summed E-state index contributed by atoms with van der Waals surface area (Å²) in [7, 11) is 0. The minimum atomic E-state index is 0.362. The maximum Gasteiger partial charge on any atom is 0.0431 e. The average Bonchev–Trinajstić information content (AvgIpc) is 2.15. The molecule has 0 saturated heterocycles. The first-order chi connectivity index (χ1) is 6.77. The highest BCUT2D eigenvalue weighted by molar-refractivity contribution is 4.92. The summed E-state index contributed by atoms with van der Waals surface area (Å²) in [6, 6.07) is 0. The first kappa shape index (κ1) is 13.7. The second-order valence-electron chi connectivity index (χ2n) is 4.27. The first-order valence-electron chi connectivity index (χ1n) is 6.01. The van der Waals surface area contributed by atoms with E-state index < -0.39 is 0 Å². The second-order valence-corrected chi connectivity index (χ2v) is 4.27. The van der Waals surface area contributed by atoms with E-state index in [4.69, 9.17) is 5.11 Å². The Morgan fingerprint density at radius 3 is 1.86 bits per heavy atom. The molecule has 0 aliphatic heterocycles. The summed E-state index contributed by atoms with van der Waals surface area (Å²) >= 11 is 0. The molecule has 0 unspecified atom stereocenters. The molecule has 0 rings (SSSR count). The second kappa shape index (κ2) is 10.8. The SMILES string of the molecule is CC(C)=CCCCCCCCCCO. The van der Waals surface area contributed by atoms with Crippen LogP contribution < -0.4 is 0 Å². The molecular formula is C13H26O. The van der Waals surface area contributed by atoms with Crippen LogP contribution in [0.4, 0.5) is 0 Å². The summed E-state index contributed by atoms with van der Waals surface area (Å²) in [4.78, 5) is 0. The molecule has 0 aliphatic rings. The number of hydrogen-bond acceptors (Lipinski definition) is 1. The van der Waals surface area contributed by atoms with Crippen LogP contribution in [0.5, 0.6) is 0 Å². The van der Waals surface area contributed by atoms with Crippen LogP contribution in [0.3, 0.4) is 0 Å². The maximum absolute atomic E-state index is 8.58. The summed E-state index contributed by atoms with van der Waals surface area (Å²) in [5, 5.41) is 8.58. The van der Waals surface area contributed by atoms with Crippen LogP contribution in [0.1, 0.15) is 65.2 Å². The summed E-state index contributed by atoms with van der Waals surface area (Å²) < 4.78 is 0. The Kier molecular flexibility index (Phi) is 10.5. The van der Waals surface area contributed by atoms with Crippen molar-refractivity contribution in [2.75, 3.05) is 6.61 Å². The maximum atomic E-state index is 8.58. The fourth-order valence-corrected chi connectivity index (χ4v) is 1.53. The number of allylic oxidation sites excluding steroid dienone is 2. The normalized spacial score (nSPS) is 10.2. The molecule has 14 heavy (non-hydrogen) atoms. The molecule has 0 aromatic heterocycles. The molecule has 1 N–H and O–H groups in total. The van der Waals surface area contributed by atoms with E-state index in [1.165, 1.54) is 50.5 Å². The summed E-state index contributed by atoms with van der Waals surface area (Å²) in [5.41, 5.74) is 1.44. The highest BCUT2D eigenvalue weighted by Gasteiger charge is 1.90. The Labute approximate surface area is 89.2 Å². The lowest BCUT2D eigenvalue weighted by Crippen LogP contribution is -1.84. The minimum absolute atomic E-state index is 0.362. The van der Waals surface area contributed by atoms with Gasteiger partial charge in [-0.25, -0.2) is 0 Å². The molecular weight excluding hydrogens is 172 g/mol. The van der Waals surface area contributed by atoms with Crippen molar-refractivity contribution >= 4 is 0 Å². The van der Waals surface area contributed by atoms with Crippen molar-refractivity contribution in [2.24, 2.45) is 0 Å². The van der Waals surface area contributed by atoms with Gasteiger partial charge in [-0.2, -0.15) is 0 Å². The Morgan fingerprint density at radius 1 is 0.857 bits per heavy atom. The molecule has 0 aromatic carbocycles. The molecule has 0 saturated carbocycles. The van der Waals surface area contributed by atoms with E-state index in [0.717, 1.165) is 6.42 Å². The highest BCUT2D eigenvalue weighted by atomic mass is 16.2. The quantitative estimate of drug-likeness (QED) is 0.437. The zero-order valence-electron chi connectivity index (χ0n) is 9.89. The third kappa shape index (κ3) is 11.7. The molecule has 0 radical (unpaired) electrons. The van der Waals surface area contributed by atoms with Crippen LogP contribution >= 0.6 is 0 Å². The van der Waals surface area contributed by atoms with E-state index in [1.807, 2.05) is 0 Å². The van der Waals surface area contributed by atoms with Crippen LogP contribution in [0.2, 0.25) is 0 Å². The summed E-state index contributed by atoms with van der Waals surface area (Å²) in [6.45, 7) is 4.68. The lowest BCUT2D eigenvalue weighted by Gasteiger charge is -1.99. The van der Waals surface area contributed by atoms with Crippen LogP contribution in [-0.4, -0.2) is 11.7 Å². The Hall–Kier alpha value is -0.300. The van der Waals surface area contributed by atoms with Crippen LogP contribution in [0.15, 0.2) is 11.6 Å². The van der Waals surface area contributed by atoms with Gasteiger partial charge in [0.2, 0.25) is 0 Å². The lowest BCUT2D eigenvalue weighted by molar-refractivity contribution is 0.282. The van der Waals surface area contributed by atoms with Crippen molar-refractivity contribution in [1.29, 1.82) is 0 Å². The van der Waals surface area contributed by atoms with Crippen LogP contribution in [0.25, 0.3) is 0 Å². The Bertz CT molecular complexity index is 134. The van der Waals surface area contributed by atoms with Gasteiger partial charge >= 0.3 is 0 Å². The predicted molar refractivity (Wildman–Crippen MR) is 63.5 cm³/mol. The molecule has 84 valence electrons. The third-order valence-corrected chi connectivity index (χ3v) is 2.41. The van der Waals surface area contributed by atoms with E-state index in [0.29, 0.717) is 6.61 Å². The number of aliphatic hydroxyl groups excluding tert-OH is 1. The third-order valence-electron chi connectivity index (χ3n) is 2.41. The van der Waals surface area contributed by atoms with Crippen molar-refractivity contribution < 1.29 is 5.11 Å². The monoisotopic (exact) mass is 198 g/mol. The average molecular weight is 198 g/mol. The molecule has 0 aliphatic carbocycles. The van der Waals surface area contributed by atoms with Gasteiger partial charge in [0.05, 0.1) is 0 Å². The fraction of sp³-hybridized carbons (Fsp3) is 0.846. The number of hydrogen-bond donors (Lipinski definition) is 1. The van der Waals surface area contributed by atoms with Crippen LogP contribution in [0, 0.1) is 0 Å². The number of unbranched alkanes of at least 4 members (excludes halogenated alkanes) is 7. The van der Waals surface area contributed by atoms with Gasteiger partial charge < -0.3 is 5.11 Å². The number of rotatable bonds is 9. The minimum Gasteiger partial charge on any atom is -0.396 e. The van der Waals surface area contributed by atoms with E-state index in [2.05, 4.69) is 19.9 Å². The van der Waals surface area contributed by atoms with Crippen molar-refractivity contribution in [2.45, 2.75) is 65.2 Å². The van der Waals surface area contributed by atoms with E-state index in [-0.39, 0.29) is 0 Å². The van der Waals surface area contributed by atoms with Gasteiger partial charge in [-0.05, 0) is 33.1 Å². The van der Waals surface area contributed by atoms with Crippen molar-refractivity contribution in [3.63, 3.8) is 0 Å². The molecule has 0 amide bonds. The summed E-state index contributed by atoms with van der Waals surface area (Å²) in [5.74, 6) is 0. The van der Waals surface area contributed by atoms with Gasteiger partial charge in [-0.3, -0.25) is 0 Å². The Balaban J connectivity index is 2.96. The standard InChI is InChI=1S/C13H26O/c1-13(2)11-9-7-5-3-4-6-8-10-12-14/h11,14H,3-10,12H2,1-2H3. The first-order valence-corrected chi connectivity index (χ1v) is 6.01. The van der Waals surface area contributed by atoms with Gasteiger partial charge in [0, 0.05) is 6.61 Å². The zero-order valence-corrected chi connectivity index (χ0v) is 9.89. The molecule has 0 fully saturated rings. The lowest BCUT2D eigenvalue weighted by atomic mass is 10.1. The van der Waals surface area contributed by atoms with E-state index in [1.54, 1.807) is 0 Å². The van der Waals surface area contributed by atoms with Crippen molar-refractivity contribution in [3.05, 3.63) is 11.6 Å². The van der Waals surface area contributed by atoms with Crippen LogP contribution in [-0.2, 0) is 0 Å². The number of aliphatic hydroxyl groups is 1. The molecule has 1 heteroatoms. The van der Waals surface area contributed by atoms with Gasteiger partial charge in [0.25, 0.3) is 0 Å². The molecule has 0 atom stereocenters. The molecule has 0 spiro atoms. The smallest absolute Gasteiger partial charge is 0.0431 e. The fourth-order valence-electron chi connectivity index (χ4n) is 1.53. The molecule has 0 aromatic rings. The molecule has 1 nitrogen and oxygen atoms in total. The Morgan fingerprint density at radius 2 is 1.36 bits per heavy atom. The van der Waals surface area contributed by atoms with Gasteiger partial charge in [0.1, 0.15) is 0 Å². The van der Waals surface area contributed by atoms with Gasteiger partial charge in [0.15, 0.2) is 0 Å². The molecule has 0 heterocycles.